The molecule has 0 heterocycles. The normalized spacial score (nSPS) is 17.0. The summed E-state index contributed by atoms with van der Waals surface area (Å²) in [4.78, 5) is 14.9. The van der Waals surface area contributed by atoms with E-state index >= 15 is 0 Å². The summed E-state index contributed by atoms with van der Waals surface area (Å²) in [5.74, 6) is 0.901. The number of ether oxygens (including phenoxy) is 1. The molecule has 0 unspecified atom stereocenters. The molecule has 0 fully saturated rings. The second-order valence-corrected chi connectivity index (χ2v) is 33.3. The summed E-state index contributed by atoms with van der Waals surface area (Å²) >= 11 is 0. The summed E-state index contributed by atoms with van der Waals surface area (Å²) < 4.78 is 26.4. The van der Waals surface area contributed by atoms with Crippen molar-refractivity contribution in [1.82, 2.24) is 0 Å². The first-order chi connectivity index (χ1) is 20.4. The van der Waals surface area contributed by atoms with Gasteiger partial charge >= 0.3 is 0 Å². The zero-order chi connectivity index (χ0) is 36.3. The molecular formula is C38H74O5Si3. The van der Waals surface area contributed by atoms with Gasteiger partial charge in [-0.2, -0.15) is 0 Å². The van der Waals surface area contributed by atoms with Crippen LogP contribution in [0.15, 0.2) is 24.3 Å². The molecule has 4 atom stereocenters. The van der Waals surface area contributed by atoms with Crippen LogP contribution in [0.1, 0.15) is 102 Å². The maximum atomic E-state index is 14.9. The van der Waals surface area contributed by atoms with Gasteiger partial charge in [0.05, 0.1) is 19.3 Å². The second kappa shape index (κ2) is 15.4. The van der Waals surface area contributed by atoms with Gasteiger partial charge in [-0.05, 0) is 90.9 Å². The van der Waals surface area contributed by atoms with Gasteiger partial charge in [0, 0.05) is 17.9 Å². The lowest BCUT2D eigenvalue weighted by atomic mass is 9.73. The highest BCUT2D eigenvalue weighted by Crippen LogP contribution is 2.44. The predicted molar refractivity (Wildman–Crippen MR) is 206 cm³/mol. The second-order valence-electron chi connectivity index (χ2n) is 19.0. The number of carbonyl (C=O) groups excluding carboxylic acids is 1. The largest absolute Gasteiger partial charge is 0.497 e. The minimum Gasteiger partial charge on any atom is -0.497 e. The molecule has 0 saturated heterocycles. The molecule has 0 aliphatic carbocycles. The molecule has 0 amide bonds. The summed E-state index contributed by atoms with van der Waals surface area (Å²) in [5.41, 5.74) is 0.499. The number of methoxy groups -OCH3 is 1. The summed E-state index contributed by atoms with van der Waals surface area (Å²) in [7, 11) is -4.64. The van der Waals surface area contributed by atoms with E-state index in [1.807, 2.05) is 12.1 Å². The smallest absolute Gasteiger partial charge is 0.192 e. The molecule has 8 heteroatoms. The van der Waals surface area contributed by atoms with Crippen LogP contribution < -0.4 is 4.74 Å². The van der Waals surface area contributed by atoms with Crippen LogP contribution in [-0.2, 0) is 24.5 Å². The maximum Gasteiger partial charge on any atom is 0.192 e. The minimum atomic E-state index is -2.19. The Balaban J connectivity index is 3.54. The third kappa shape index (κ3) is 11.1. The number of ketones is 1. The number of hydrogen-bond donors (Lipinski definition) is 0. The third-order valence-electron chi connectivity index (χ3n) is 11.8. The van der Waals surface area contributed by atoms with Crippen LogP contribution in [0, 0.1) is 17.3 Å². The molecule has 0 N–H and O–H groups in total. The van der Waals surface area contributed by atoms with E-state index in [-0.39, 0.29) is 44.9 Å². The molecule has 46 heavy (non-hydrogen) atoms. The van der Waals surface area contributed by atoms with Crippen LogP contribution in [0.2, 0.25) is 54.4 Å². The minimum absolute atomic E-state index is 0.0249. The number of Topliss-reactive ketones (excluding diaryl/α,β-unsaturated/α-hetero) is 1. The molecule has 5 nitrogen and oxygen atoms in total. The molecule has 0 bridgehead atoms. The Morgan fingerprint density at radius 2 is 1.13 bits per heavy atom. The van der Waals surface area contributed by atoms with Crippen LogP contribution in [-0.4, -0.2) is 56.7 Å². The summed E-state index contributed by atoms with van der Waals surface area (Å²) in [6.07, 6.45) is 1.05. The summed E-state index contributed by atoms with van der Waals surface area (Å²) in [6, 6.07) is 8.28. The maximum absolute atomic E-state index is 14.9. The van der Waals surface area contributed by atoms with E-state index in [4.69, 9.17) is 18.0 Å². The summed E-state index contributed by atoms with van der Waals surface area (Å²) in [6.45, 7) is 43.3. The fourth-order valence-electron chi connectivity index (χ4n) is 5.11. The highest BCUT2D eigenvalue weighted by molar-refractivity contribution is 6.75. The zero-order valence-corrected chi connectivity index (χ0v) is 36.8. The Bertz CT molecular complexity index is 1110. The van der Waals surface area contributed by atoms with Gasteiger partial charge in [-0.15, -0.1) is 0 Å². The zero-order valence-electron chi connectivity index (χ0n) is 33.8. The van der Waals surface area contributed by atoms with Crippen LogP contribution >= 0.6 is 0 Å². The van der Waals surface area contributed by atoms with Crippen molar-refractivity contribution in [3.63, 3.8) is 0 Å². The van der Waals surface area contributed by atoms with Gasteiger partial charge in [-0.25, -0.2) is 0 Å². The Kier molecular flexibility index (Phi) is 14.5. The molecule has 0 aliphatic heterocycles. The van der Waals surface area contributed by atoms with E-state index in [0.29, 0.717) is 13.0 Å². The highest BCUT2D eigenvalue weighted by Gasteiger charge is 2.49. The van der Waals surface area contributed by atoms with E-state index in [9.17, 15) is 4.79 Å². The highest BCUT2D eigenvalue weighted by atomic mass is 28.4. The standard InChI is InChI=1S/C38H74O5Si3/c1-28(27-30-21-23-31(40-14)24-22-30)33(43-46(19,20)37(9,10)11)29(2)34(39)38(12,13)32(42-45(17,18)36(6,7)8)25-26-41-44(15,16)35(3,4)5/h21-24,28-29,32-33H,25-27H2,1-20H3/t28-,29+,32-,33-/m0/s1. The average molecular weight is 695 g/mol. The van der Waals surface area contributed by atoms with E-state index in [1.165, 1.54) is 5.56 Å². The number of carbonyl (C=O) groups is 1. The molecule has 268 valence electrons. The van der Waals surface area contributed by atoms with Gasteiger partial charge in [0.15, 0.2) is 25.0 Å². The van der Waals surface area contributed by atoms with Crippen LogP contribution in [0.25, 0.3) is 0 Å². The van der Waals surface area contributed by atoms with Crippen molar-refractivity contribution in [3.8, 4) is 5.75 Å². The first-order valence-electron chi connectivity index (χ1n) is 17.6. The van der Waals surface area contributed by atoms with Crippen molar-refractivity contribution in [1.29, 1.82) is 0 Å². The van der Waals surface area contributed by atoms with E-state index in [1.54, 1.807) is 7.11 Å². The van der Waals surface area contributed by atoms with Crippen LogP contribution in [0.3, 0.4) is 0 Å². The van der Waals surface area contributed by atoms with Crippen molar-refractivity contribution in [2.75, 3.05) is 13.7 Å². The lowest BCUT2D eigenvalue weighted by molar-refractivity contribution is -0.140. The van der Waals surface area contributed by atoms with Crippen molar-refractivity contribution in [2.24, 2.45) is 17.3 Å². The molecule has 1 aromatic carbocycles. The Morgan fingerprint density at radius 1 is 0.696 bits per heavy atom. The Morgan fingerprint density at radius 3 is 1.54 bits per heavy atom. The first kappa shape index (κ1) is 43.2. The van der Waals surface area contributed by atoms with Crippen molar-refractivity contribution < 1.29 is 22.8 Å². The van der Waals surface area contributed by atoms with Gasteiger partial charge in [-0.1, -0.05) is 102 Å². The van der Waals surface area contributed by atoms with Crippen molar-refractivity contribution >= 4 is 30.7 Å². The number of hydrogen-bond acceptors (Lipinski definition) is 5. The van der Waals surface area contributed by atoms with Crippen LogP contribution in [0.5, 0.6) is 5.75 Å². The van der Waals surface area contributed by atoms with Crippen molar-refractivity contribution in [3.05, 3.63) is 29.8 Å². The Labute approximate surface area is 288 Å². The molecule has 0 aromatic heterocycles. The first-order valence-corrected chi connectivity index (χ1v) is 26.3. The van der Waals surface area contributed by atoms with Crippen molar-refractivity contribution in [2.45, 2.75) is 169 Å². The summed E-state index contributed by atoms with van der Waals surface area (Å²) in [5, 5.41) is 0.173. The van der Waals surface area contributed by atoms with E-state index < -0.39 is 30.4 Å². The monoisotopic (exact) mass is 694 g/mol. The topological polar surface area (TPSA) is 54.0 Å². The van der Waals surface area contributed by atoms with Gasteiger partial charge in [0.1, 0.15) is 11.5 Å². The molecule has 0 radical (unpaired) electrons. The number of rotatable bonds is 16. The lowest BCUT2D eigenvalue weighted by Gasteiger charge is -2.47. The fourth-order valence-corrected chi connectivity index (χ4v) is 9.12. The SMILES string of the molecule is COc1ccc(C[C@H](C)[C@H](O[Si](C)(C)C(C)(C)C)[C@@H](C)C(=O)C(C)(C)[C@H](CCO[Si](C)(C)C(C)(C)C)O[Si](C)(C)C(C)(C)C)cc1. The number of benzene rings is 1. The third-order valence-corrected chi connectivity index (χ3v) is 25.3. The quantitative estimate of drug-likeness (QED) is 0.161. The molecule has 1 rings (SSSR count). The van der Waals surface area contributed by atoms with Gasteiger partial charge in [0.2, 0.25) is 0 Å². The lowest BCUT2D eigenvalue weighted by Crippen LogP contribution is -2.54. The van der Waals surface area contributed by atoms with Gasteiger partial charge < -0.3 is 18.0 Å². The molecule has 0 aliphatic rings. The Hall–Kier alpha value is -0.779. The molecule has 0 spiro atoms. The van der Waals surface area contributed by atoms with E-state index in [0.717, 1.165) is 12.2 Å². The predicted octanol–water partition coefficient (Wildman–Crippen LogP) is 11.3. The van der Waals surface area contributed by atoms with Crippen LogP contribution in [0.4, 0.5) is 0 Å². The van der Waals surface area contributed by atoms with Gasteiger partial charge in [0.25, 0.3) is 0 Å². The van der Waals surface area contributed by atoms with Gasteiger partial charge in [-0.3, -0.25) is 4.79 Å². The fraction of sp³-hybridized carbons (Fsp3) is 0.816. The van der Waals surface area contributed by atoms with E-state index in [2.05, 4.69) is 141 Å². The average Bonchev–Trinajstić information content (AvgIpc) is 2.88. The molecular weight excluding hydrogens is 621 g/mol. The molecule has 1 aromatic rings. The molecule has 0 saturated carbocycles.